The first-order valence-electron chi connectivity index (χ1n) is 7.27. The molecule has 2 rings (SSSR count). The molecule has 2 atom stereocenters. The Labute approximate surface area is 127 Å². The minimum absolute atomic E-state index is 0.0132. The van der Waals surface area contributed by atoms with Crippen LogP contribution in [-0.2, 0) is 0 Å². The highest BCUT2D eigenvalue weighted by Gasteiger charge is 2.32. The molecule has 122 valence electrons. The zero-order valence-corrected chi connectivity index (χ0v) is 12.2. The number of amides is 2. The molecule has 0 radical (unpaired) electrons. The Bertz CT molecular complexity index is 520. The molecule has 0 heterocycles. The van der Waals surface area contributed by atoms with Crippen LogP contribution in [0, 0.1) is 5.92 Å². The molecule has 1 saturated carbocycles. The monoisotopic (exact) mass is 316 g/mol. The first kappa shape index (κ1) is 16.5. The first-order valence-corrected chi connectivity index (χ1v) is 7.27. The number of hydrogen-bond acceptors (Lipinski definition) is 2. The van der Waals surface area contributed by atoms with E-state index in [1.54, 1.807) is 0 Å². The Hall–Kier alpha value is -1.92. The van der Waals surface area contributed by atoms with Crippen molar-refractivity contribution >= 4 is 11.7 Å². The molecule has 2 unspecified atom stereocenters. The summed E-state index contributed by atoms with van der Waals surface area (Å²) in [6, 6.07) is 4.99. The van der Waals surface area contributed by atoms with Crippen molar-refractivity contribution < 1.29 is 22.7 Å². The lowest BCUT2D eigenvalue weighted by Crippen LogP contribution is -2.43. The number of hydrogen-bond donors (Lipinski definition) is 2. The smallest absolute Gasteiger partial charge is 0.404 e. The number of ether oxygens (including phenoxy) is 1. The number of urea groups is 1. The van der Waals surface area contributed by atoms with Gasteiger partial charge in [-0.1, -0.05) is 31.9 Å². The second-order valence-corrected chi connectivity index (χ2v) is 5.51. The number of alkyl halides is 3. The van der Waals surface area contributed by atoms with Gasteiger partial charge in [0.25, 0.3) is 0 Å². The Balaban J connectivity index is 1.99. The second kappa shape index (κ2) is 6.89. The highest BCUT2D eigenvalue weighted by atomic mass is 19.4. The van der Waals surface area contributed by atoms with Crippen molar-refractivity contribution in [3.05, 3.63) is 24.3 Å². The molecule has 1 aliphatic carbocycles. The average molecular weight is 316 g/mol. The third-order valence-electron chi connectivity index (χ3n) is 3.79. The van der Waals surface area contributed by atoms with Crippen LogP contribution in [-0.4, -0.2) is 18.4 Å². The molecule has 2 N–H and O–H groups in total. The van der Waals surface area contributed by atoms with Crippen LogP contribution in [0.1, 0.15) is 32.6 Å². The maximum Gasteiger partial charge on any atom is 0.573 e. The van der Waals surface area contributed by atoms with E-state index in [0.717, 1.165) is 31.7 Å². The van der Waals surface area contributed by atoms with Crippen LogP contribution in [0.2, 0.25) is 0 Å². The maximum atomic E-state index is 12.3. The standard InChI is InChI=1S/C15H19F3N2O2/c1-10-6-2-3-7-11(10)19-14(21)20-12-8-4-5-9-13(12)22-15(16,17)18/h4-5,8-11H,2-3,6-7H2,1H3,(H2,19,20,21). The summed E-state index contributed by atoms with van der Waals surface area (Å²) in [5.41, 5.74) is -0.0132. The van der Waals surface area contributed by atoms with Gasteiger partial charge in [0.1, 0.15) is 0 Å². The van der Waals surface area contributed by atoms with E-state index in [0.29, 0.717) is 5.92 Å². The van der Waals surface area contributed by atoms with E-state index in [-0.39, 0.29) is 11.7 Å². The van der Waals surface area contributed by atoms with Crippen LogP contribution in [0.3, 0.4) is 0 Å². The topological polar surface area (TPSA) is 50.4 Å². The normalized spacial score (nSPS) is 22.0. The van der Waals surface area contributed by atoms with Crippen LogP contribution < -0.4 is 15.4 Å². The molecule has 0 aliphatic heterocycles. The number of carbonyl (C=O) groups is 1. The molecule has 0 aromatic heterocycles. The molecule has 0 spiro atoms. The number of para-hydroxylation sites is 2. The maximum absolute atomic E-state index is 12.3. The zero-order valence-electron chi connectivity index (χ0n) is 12.2. The number of rotatable bonds is 3. The Morgan fingerprint density at radius 1 is 1.23 bits per heavy atom. The van der Waals surface area contributed by atoms with E-state index in [4.69, 9.17) is 0 Å². The fourth-order valence-corrected chi connectivity index (χ4v) is 2.64. The molecule has 0 bridgehead atoms. The number of anilines is 1. The first-order chi connectivity index (χ1) is 10.3. The van der Waals surface area contributed by atoms with Gasteiger partial charge >= 0.3 is 12.4 Å². The average Bonchev–Trinajstić information content (AvgIpc) is 2.42. The zero-order chi connectivity index (χ0) is 16.2. The molecular weight excluding hydrogens is 297 g/mol. The molecule has 1 aromatic rings. The summed E-state index contributed by atoms with van der Waals surface area (Å²) >= 11 is 0. The third-order valence-corrected chi connectivity index (χ3v) is 3.79. The van der Waals surface area contributed by atoms with Gasteiger partial charge in [-0.25, -0.2) is 4.79 Å². The van der Waals surface area contributed by atoms with E-state index >= 15 is 0 Å². The lowest BCUT2D eigenvalue weighted by Gasteiger charge is -2.29. The largest absolute Gasteiger partial charge is 0.573 e. The van der Waals surface area contributed by atoms with Gasteiger partial charge in [0.15, 0.2) is 5.75 Å². The summed E-state index contributed by atoms with van der Waals surface area (Å²) in [5, 5.41) is 5.25. The van der Waals surface area contributed by atoms with Gasteiger partial charge in [0, 0.05) is 6.04 Å². The highest BCUT2D eigenvalue weighted by Crippen LogP contribution is 2.30. The van der Waals surface area contributed by atoms with Gasteiger partial charge in [0.2, 0.25) is 0 Å². The van der Waals surface area contributed by atoms with Crippen molar-refractivity contribution in [3.8, 4) is 5.75 Å². The lowest BCUT2D eigenvalue weighted by atomic mass is 9.86. The molecule has 1 fully saturated rings. The molecule has 4 nitrogen and oxygen atoms in total. The fourth-order valence-electron chi connectivity index (χ4n) is 2.64. The number of nitrogens with one attached hydrogen (secondary N) is 2. The van der Waals surface area contributed by atoms with Crippen molar-refractivity contribution in [2.45, 2.75) is 45.0 Å². The summed E-state index contributed by atoms with van der Waals surface area (Å²) < 4.78 is 40.9. The van der Waals surface area contributed by atoms with Crippen LogP contribution >= 0.6 is 0 Å². The minimum Gasteiger partial charge on any atom is -0.404 e. The lowest BCUT2D eigenvalue weighted by molar-refractivity contribution is -0.274. The number of benzene rings is 1. The SMILES string of the molecule is CC1CCCCC1NC(=O)Nc1ccccc1OC(F)(F)F. The summed E-state index contributed by atoms with van der Waals surface area (Å²) in [4.78, 5) is 12.0. The Kier molecular flexibility index (Phi) is 5.15. The van der Waals surface area contributed by atoms with E-state index in [1.165, 1.54) is 18.2 Å². The molecule has 22 heavy (non-hydrogen) atoms. The molecular formula is C15H19F3N2O2. The van der Waals surface area contributed by atoms with Gasteiger partial charge in [-0.2, -0.15) is 0 Å². The van der Waals surface area contributed by atoms with E-state index in [2.05, 4.69) is 22.3 Å². The number of halogens is 3. The summed E-state index contributed by atoms with van der Waals surface area (Å²) in [5.74, 6) is -0.0667. The predicted octanol–water partition coefficient (Wildman–Crippen LogP) is 4.29. The van der Waals surface area contributed by atoms with E-state index < -0.39 is 18.1 Å². The van der Waals surface area contributed by atoms with E-state index in [9.17, 15) is 18.0 Å². The van der Waals surface area contributed by atoms with Crippen LogP contribution in [0.4, 0.5) is 23.7 Å². The third kappa shape index (κ3) is 4.82. The van der Waals surface area contributed by atoms with Crippen molar-refractivity contribution in [1.82, 2.24) is 5.32 Å². The summed E-state index contributed by atoms with van der Waals surface area (Å²) in [6.45, 7) is 2.06. The Morgan fingerprint density at radius 2 is 1.91 bits per heavy atom. The fraction of sp³-hybridized carbons (Fsp3) is 0.533. The molecule has 0 saturated heterocycles. The summed E-state index contributed by atoms with van der Waals surface area (Å²) in [7, 11) is 0. The van der Waals surface area contributed by atoms with E-state index in [1.807, 2.05) is 0 Å². The van der Waals surface area contributed by atoms with Gasteiger partial charge in [-0.15, -0.1) is 13.2 Å². The molecule has 2 amide bonds. The van der Waals surface area contributed by atoms with Crippen LogP contribution in [0.15, 0.2) is 24.3 Å². The minimum atomic E-state index is -4.80. The predicted molar refractivity (Wildman–Crippen MR) is 76.7 cm³/mol. The van der Waals surface area contributed by atoms with Crippen molar-refractivity contribution in [2.75, 3.05) is 5.32 Å². The second-order valence-electron chi connectivity index (χ2n) is 5.51. The highest BCUT2D eigenvalue weighted by molar-refractivity contribution is 5.91. The molecule has 7 heteroatoms. The summed E-state index contributed by atoms with van der Waals surface area (Å²) in [6.07, 6.45) is -0.688. The van der Waals surface area contributed by atoms with Crippen molar-refractivity contribution in [1.29, 1.82) is 0 Å². The van der Waals surface area contributed by atoms with Crippen LogP contribution in [0.5, 0.6) is 5.75 Å². The quantitative estimate of drug-likeness (QED) is 0.874. The van der Waals surface area contributed by atoms with Gasteiger partial charge in [-0.3, -0.25) is 0 Å². The van der Waals surface area contributed by atoms with Crippen LogP contribution in [0.25, 0.3) is 0 Å². The van der Waals surface area contributed by atoms with Crippen molar-refractivity contribution in [3.63, 3.8) is 0 Å². The van der Waals surface area contributed by atoms with Gasteiger partial charge < -0.3 is 15.4 Å². The molecule has 1 aliphatic rings. The van der Waals surface area contributed by atoms with Gasteiger partial charge in [-0.05, 0) is 30.9 Å². The van der Waals surface area contributed by atoms with Crippen molar-refractivity contribution in [2.24, 2.45) is 5.92 Å². The Morgan fingerprint density at radius 3 is 2.59 bits per heavy atom. The molecule has 1 aromatic carbocycles. The van der Waals surface area contributed by atoms with Gasteiger partial charge in [0.05, 0.1) is 5.69 Å². The number of carbonyl (C=O) groups excluding carboxylic acids is 1.